The van der Waals surface area contributed by atoms with Crippen LogP contribution in [-0.2, 0) is 21.2 Å². The van der Waals surface area contributed by atoms with Crippen molar-refractivity contribution in [1.82, 2.24) is 9.71 Å². The Kier molecular flexibility index (Phi) is 6.53. The molecule has 4 rings (SSSR count). The number of Topliss-reactive ketones (excluding diaryl/α,β-unsaturated/α-hetero) is 1. The number of ketones is 1. The van der Waals surface area contributed by atoms with Crippen LogP contribution in [-0.4, -0.2) is 19.2 Å². The molecule has 3 aromatic carbocycles. The molecular formula is C26H24N2O4S. The number of fused-ring (bicyclic) bond motifs is 1. The summed E-state index contributed by atoms with van der Waals surface area (Å²) in [7, 11) is -4.01. The molecule has 168 valence electrons. The van der Waals surface area contributed by atoms with Crippen LogP contribution >= 0.6 is 0 Å². The third-order valence-corrected chi connectivity index (χ3v) is 6.93. The summed E-state index contributed by atoms with van der Waals surface area (Å²) in [6.45, 7) is 2.00. The van der Waals surface area contributed by atoms with Crippen molar-refractivity contribution in [3.63, 3.8) is 0 Å². The summed E-state index contributed by atoms with van der Waals surface area (Å²) < 4.78 is 29.0. The zero-order valence-electron chi connectivity index (χ0n) is 18.1. The molecule has 0 bridgehead atoms. The fraction of sp³-hybridized carbons (Fsp3) is 0.154. The predicted molar refractivity (Wildman–Crippen MR) is 129 cm³/mol. The Morgan fingerprint density at radius 3 is 2.39 bits per heavy atom. The van der Waals surface area contributed by atoms with Gasteiger partial charge in [0.1, 0.15) is 6.04 Å². The third kappa shape index (κ3) is 5.45. The van der Waals surface area contributed by atoms with Crippen LogP contribution in [0.2, 0.25) is 0 Å². The van der Waals surface area contributed by atoms with E-state index in [1.54, 1.807) is 36.4 Å². The van der Waals surface area contributed by atoms with Gasteiger partial charge in [-0.25, -0.2) is 8.42 Å². The molecule has 0 saturated heterocycles. The lowest BCUT2D eigenvalue weighted by molar-refractivity contribution is -0.120. The fourth-order valence-electron chi connectivity index (χ4n) is 3.65. The summed E-state index contributed by atoms with van der Waals surface area (Å²) in [5.41, 5.74) is 3.02. The van der Waals surface area contributed by atoms with Crippen LogP contribution in [0, 0.1) is 6.92 Å². The molecule has 33 heavy (non-hydrogen) atoms. The largest absolute Gasteiger partial charge is 0.322 e. The number of pyridine rings is 1. The van der Waals surface area contributed by atoms with Gasteiger partial charge in [0.15, 0.2) is 5.78 Å². The van der Waals surface area contributed by atoms with E-state index in [-0.39, 0.29) is 22.7 Å². The van der Waals surface area contributed by atoms with E-state index in [2.05, 4.69) is 9.71 Å². The number of aromatic nitrogens is 1. The van der Waals surface area contributed by atoms with Crippen LogP contribution in [0.3, 0.4) is 0 Å². The van der Waals surface area contributed by atoms with Crippen LogP contribution < -0.4 is 10.3 Å². The maximum absolute atomic E-state index is 13.2. The van der Waals surface area contributed by atoms with E-state index in [4.69, 9.17) is 0 Å². The highest BCUT2D eigenvalue weighted by Crippen LogP contribution is 2.22. The molecule has 1 heterocycles. The second kappa shape index (κ2) is 9.52. The van der Waals surface area contributed by atoms with Gasteiger partial charge in [-0.3, -0.25) is 9.59 Å². The highest BCUT2D eigenvalue weighted by Gasteiger charge is 2.27. The minimum absolute atomic E-state index is 0.0225. The van der Waals surface area contributed by atoms with Gasteiger partial charge in [0.05, 0.1) is 4.90 Å². The Labute approximate surface area is 192 Å². The van der Waals surface area contributed by atoms with Gasteiger partial charge in [-0.15, -0.1) is 0 Å². The highest BCUT2D eigenvalue weighted by molar-refractivity contribution is 7.89. The molecule has 2 N–H and O–H groups in total. The van der Waals surface area contributed by atoms with Crippen LogP contribution in [0.15, 0.2) is 94.6 Å². The van der Waals surface area contributed by atoms with Gasteiger partial charge < -0.3 is 4.98 Å². The number of H-pyrrole nitrogens is 1. The second-order valence-electron chi connectivity index (χ2n) is 7.99. The second-order valence-corrected chi connectivity index (χ2v) is 9.70. The van der Waals surface area contributed by atoms with Gasteiger partial charge in [-0.05, 0) is 54.1 Å². The lowest BCUT2D eigenvalue weighted by Crippen LogP contribution is -2.34. The minimum atomic E-state index is -4.01. The number of benzene rings is 3. The van der Waals surface area contributed by atoms with Crippen LogP contribution in [0.25, 0.3) is 10.9 Å². The van der Waals surface area contributed by atoms with Gasteiger partial charge in [-0.1, -0.05) is 60.2 Å². The zero-order chi connectivity index (χ0) is 23.4. The Morgan fingerprint density at radius 2 is 1.67 bits per heavy atom. The van der Waals surface area contributed by atoms with Gasteiger partial charge in [0.2, 0.25) is 15.6 Å². The number of hydrogen-bond donors (Lipinski definition) is 2. The van der Waals surface area contributed by atoms with Crippen molar-refractivity contribution in [2.75, 3.05) is 0 Å². The number of carbonyl (C=O) groups excluding carboxylic acids is 1. The Balaban J connectivity index is 1.60. The monoisotopic (exact) mass is 460 g/mol. The first-order valence-electron chi connectivity index (χ1n) is 10.6. The van der Waals surface area contributed by atoms with Crippen molar-refractivity contribution in [2.45, 2.75) is 30.7 Å². The molecule has 0 radical (unpaired) electrons. The molecule has 0 aliphatic heterocycles. The van der Waals surface area contributed by atoms with E-state index in [9.17, 15) is 18.0 Å². The topological polar surface area (TPSA) is 96.1 Å². The van der Waals surface area contributed by atoms with Crippen molar-refractivity contribution in [3.8, 4) is 0 Å². The molecule has 1 aromatic heterocycles. The summed E-state index contributed by atoms with van der Waals surface area (Å²) in [6.07, 6.45) is 0.720. The molecule has 0 spiro atoms. The van der Waals surface area contributed by atoms with Gasteiger partial charge in [0, 0.05) is 18.0 Å². The van der Waals surface area contributed by atoms with E-state index in [0.717, 1.165) is 11.1 Å². The smallest absolute Gasteiger partial charge is 0.248 e. The third-order valence-electron chi connectivity index (χ3n) is 5.51. The molecule has 1 atom stereocenters. The normalized spacial score (nSPS) is 12.5. The summed E-state index contributed by atoms with van der Waals surface area (Å²) in [5.74, 6) is -0.213. The maximum Gasteiger partial charge on any atom is 0.248 e. The van der Waals surface area contributed by atoms with E-state index in [1.165, 1.54) is 18.2 Å². The first-order valence-corrected chi connectivity index (χ1v) is 12.1. The summed E-state index contributed by atoms with van der Waals surface area (Å²) in [6, 6.07) is 23.1. The number of hydrogen-bond acceptors (Lipinski definition) is 4. The lowest BCUT2D eigenvalue weighted by Gasteiger charge is -2.19. The number of rotatable bonds is 8. The quantitative estimate of drug-likeness (QED) is 0.414. The molecule has 1 unspecified atom stereocenters. The van der Waals surface area contributed by atoms with Crippen LogP contribution in [0.5, 0.6) is 0 Å². The van der Waals surface area contributed by atoms with E-state index < -0.39 is 16.1 Å². The Bertz CT molecular complexity index is 1440. The lowest BCUT2D eigenvalue weighted by atomic mass is 9.98. The number of carbonyl (C=O) groups is 1. The van der Waals surface area contributed by atoms with Crippen molar-refractivity contribution in [1.29, 1.82) is 0 Å². The standard InChI is InChI=1S/C26H24N2O4S/c1-18-7-9-19(10-8-18)11-15-24(29)26(20-5-3-2-4-6-20)28-33(31,32)22-13-14-23-21(17-22)12-16-25(30)27-23/h2-10,12-14,16-17,26,28H,11,15H2,1H3,(H,27,30). The number of aromatic amines is 1. The first kappa shape index (κ1) is 22.6. The van der Waals surface area contributed by atoms with Crippen LogP contribution in [0.1, 0.15) is 29.2 Å². The molecule has 0 saturated carbocycles. The summed E-state index contributed by atoms with van der Waals surface area (Å²) >= 11 is 0. The minimum Gasteiger partial charge on any atom is -0.322 e. The fourth-order valence-corrected chi connectivity index (χ4v) is 4.90. The van der Waals surface area contributed by atoms with Crippen molar-refractivity contribution in [2.24, 2.45) is 0 Å². The average molecular weight is 461 g/mol. The first-order chi connectivity index (χ1) is 15.8. The van der Waals surface area contributed by atoms with Crippen LogP contribution in [0.4, 0.5) is 0 Å². The number of aryl methyl sites for hydroxylation is 2. The van der Waals surface area contributed by atoms with Gasteiger partial charge in [-0.2, -0.15) is 4.72 Å². The maximum atomic E-state index is 13.2. The molecule has 7 heteroatoms. The SMILES string of the molecule is Cc1ccc(CCC(=O)C(NS(=O)(=O)c2ccc3[nH]c(=O)ccc3c2)c2ccccc2)cc1. The molecule has 0 amide bonds. The van der Waals surface area contributed by atoms with Gasteiger partial charge >= 0.3 is 0 Å². The predicted octanol–water partition coefficient (Wildman–Crippen LogP) is 4.06. The van der Waals surface area contributed by atoms with Gasteiger partial charge in [0.25, 0.3) is 0 Å². The molecule has 0 aliphatic rings. The summed E-state index contributed by atoms with van der Waals surface area (Å²) in [4.78, 5) is 27.4. The van der Waals surface area contributed by atoms with E-state index in [0.29, 0.717) is 22.9 Å². The Morgan fingerprint density at radius 1 is 0.939 bits per heavy atom. The molecular weight excluding hydrogens is 436 g/mol. The highest BCUT2D eigenvalue weighted by atomic mass is 32.2. The van der Waals surface area contributed by atoms with E-state index in [1.807, 2.05) is 37.3 Å². The number of sulfonamides is 1. The summed E-state index contributed by atoms with van der Waals surface area (Å²) in [5, 5.41) is 0.583. The van der Waals surface area contributed by atoms with Crippen molar-refractivity contribution in [3.05, 3.63) is 112 Å². The Hall–Kier alpha value is -3.55. The average Bonchev–Trinajstić information content (AvgIpc) is 2.82. The molecule has 4 aromatic rings. The molecule has 0 fully saturated rings. The zero-order valence-corrected chi connectivity index (χ0v) is 18.9. The van der Waals surface area contributed by atoms with E-state index >= 15 is 0 Å². The number of nitrogens with one attached hydrogen (secondary N) is 2. The van der Waals surface area contributed by atoms with Crippen molar-refractivity contribution < 1.29 is 13.2 Å². The molecule has 6 nitrogen and oxygen atoms in total. The molecule has 0 aliphatic carbocycles. The van der Waals surface area contributed by atoms with Crippen molar-refractivity contribution >= 4 is 26.7 Å².